The molecule has 97 valence electrons. The third-order valence-electron chi connectivity index (χ3n) is 2.66. The molecular weight excluding hydrogens is 238 g/mol. The normalized spacial score (nSPS) is 10.6. The molecule has 0 spiro atoms. The second kappa shape index (κ2) is 6.59. The molecule has 0 saturated heterocycles. The first kappa shape index (κ1) is 13.1. The first-order valence-corrected chi connectivity index (χ1v) is 6.05. The monoisotopic (exact) mass is 254 g/mol. The van der Waals surface area contributed by atoms with E-state index in [9.17, 15) is 0 Å². The predicted molar refractivity (Wildman–Crippen MR) is 75.5 cm³/mol. The topological polar surface area (TPSA) is 30.8 Å². The molecule has 2 aromatic rings. The second-order valence-electron chi connectivity index (χ2n) is 4.19. The molecule has 0 aliphatic rings. The van der Waals surface area contributed by atoms with Crippen molar-refractivity contribution in [3.8, 4) is 5.75 Å². The van der Waals surface area contributed by atoms with Gasteiger partial charge in [-0.25, -0.2) is 0 Å². The third kappa shape index (κ3) is 4.14. The number of hydrogen-bond acceptors (Lipinski definition) is 3. The Morgan fingerprint density at radius 3 is 2.63 bits per heavy atom. The number of aryl methyl sites for hydroxylation is 1. The predicted octanol–water partition coefficient (Wildman–Crippen LogP) is 3.43. The van der Waals surface area contributed by atoms with Gasteiger partial charge in [0.2, 0.25) is 0 Å². The smallest absolute Gasteiger partial charge is 0.142 e. The molecule has 0 saturated carbocycles. The van der Waals surface area contributed by atoms with E-state index in [4.69, 9.17) is 9.57 Å². The van der Waals surface area contributed by atoms with Crippen molar-refractivity contribution in [1.29, 1.82) is 0 Å². The molecule has 0 N–H and O–H groups in total. The van der Waals surface area contributed by atoms with Crippen LogP contribution in [0, 0.1) is 6.92 Å². The van der Waals surface area contributed by atoms with Crippen LogP contribution in [-0.2, 0) is 11.4 Å². The van der Waals surface area contributed by atoms with Crippen LogP contribution in [0.3, 0.4) is 0 Å². The van der Waals surface area contributed by atoms with Gasteiger partial charge in [0.05, 0.1) is 7.11 Å². The van der Waals surface area contributed by atoms with Crippen LogP contribution in [0.2, 0.25) is 0 Å². The second-order valence-corrected chi connectivity index (χ2v) is 4.19. The zero-order chi connectivity index (χ0) is 13.5. The highest BCUT2D eigenvalue weighted by molar-refractivity contribution is 5.79. The molecular formula is C16H16NO2. The number of nitrogens with zero attached hydrogens (tertiary/aromatic N) is 1. The van der Waals surface area contributed by atoms with Gasteiger partial charge >= 0.3 is 0 Å². The van der Waals surface area contributed by atoms with Gasteiger partial charge in [0, 0.05) is 5.56 Å². The van der Waals surface area contributed by atoms with Crippen molar-refractivity contribution in [2.24, 2.45) is 5.16 Å². The lowest BCUT2D eigenvalue weighted by molar-refractivity contribution is 0.132. The van der Waals surface area contributed by atoms with Crippen molar-refractivity contribution >= 4 is 6.21 Å². The van der Waals surface area contributed by atoms with E-state index < -0.39 is 0 Å². The van der Waals surface area contributed by atoms with Gasteiger partial charge in [0.15, 0.2) is 0 Å². The van der Waals surface area contributed by atoms with Gasteiger partial charge in [-0.1, -0.05) is 47.1 Å². The van der Waals surface area contributed by atoms with E-state index in [2.05, 4.69) is 18.3 Å². The van der Waals surface area contributed by atoms with Gasteiger partial charge in [-0.15, -0.1) is 0 Å². The summed E-state index contributed by atoms with van der Waals surface area (Å²) in [6, 6.07) is 15.6. The maximum Gasteiger partial charge on any atom is 0.142 e. The lowest BCUT2D eigenvalue weighted by atomic mass is 10.2. The maximum atomic E-state index is 5.21. The van der Waals surface area contributed by atoms with E-state index in [0.717, 1.165) is 16.9 Å². The van der Waals surface area contributed by atoms with E-state index in [1.165, 1.54) is 5.56 Å². The Kier molecular flexibility index (Phi) is 4.56. The molecule has 0 fully saturated rings. The fourth-order valence-electron chi connectivity index (χ4n) is 1.57. The molecule has 3 nitrogen and oxygen atoms in total. The van der Waals surface area contributed by atoms with Gasteiger partial charge in [0.1, 0.15) is 18.6 Å². The van der Waals surface area contributed by atoms with Crippen LogP contribution in [-0.4, -0.2) is 13.3 Å². The fraction of sp³-hybridized carbons (Fsp3) is 0.188. The average Bonchev–Trinajstić information content (AvgIpc) is 2.46. The van der Waals surface area contributed by atoms with E-state index in [-0.39, 0.29) is 0 Å². The molecule has 2 rings (SSSR count). The van der Waals surface area contributed by atoms with Gasteiger partial charge < -0.3 is 9.57 Å². The number of ether oxygens (including phenoxy) is 1. The van der Waals surface area contributed by atoms with Crippen LogP contribution in [0.4, 0.5) is 0 Å². The van der Waals surface area contributed by atoms with E-state index in [1.54, 1.807) is 7.11 Å². The molecule has 0 atom stereocenters. The Hall–Kier alpha value is -2.29. The van der Waals surface area contributed by atoms with Crippen LogP contribution >= 0.6 is 0 Å². The highest BCUT2D eigenvalue weighted by Gasteiger charge is 1.94. The highest BCUT2D eigenvalue weighted by atomic mass is 16.6. The summed E-state index contributed by atoms with van der Waals surface area (Å²) in [6.07, 6.45) is 2.82. The molecule has 0 aliphatic carbocycles. The summed E-state index contributed by atoms with van der Waals surface area (Å²) in [5.74, 6) is 0.777. The maximum absolute atomic E-state index is 5.21. The van der Waals surface area contributed by atoms with Crippen LogP contribution in [0.15, 0.2) is 53.7 Å². The first-order chi connectivity index (χ1) is 9.28. The summed E-state index contributed by atoms with van der Waals surface area (Å²) in [7, 11) is 1.63. The Bertz CT molecular complexity index is 547. The Balaban J connectivity index is 1.87. The Morgan fingerprint density at radius 2 is 1.89 bits per heavy atom. The molecule has 0 bridgehead atoms. The molecule has 2 aromatic carbocycles. The molecule has 0 heterocycles. The van der Waals surface area contributed by atoms with Crippen molar-refractivity contribution in [1.82, 2.24) is 0 Å². The minimum absolute atomic E-state index is 0.442. The average molecular weight is 254 g/mol. The minimum atomic E-state index is 0.442. The Morgan fingerprint density at radius 1 is 1.11 bits per heavy atom. The fourth-order valence-corrected chi connectivity index (χ4v) is 1.57. The molecule has 0 amide bonds. The summed E-state index contributed by atoms with van der Waals surface area (Å²) in [5.41, 5.74) is 3.14. The molecule has 19 heavy (non-hydrogen) atoms. The molecule has 3 heteroatoms. The number of methoxy groups -OCH3 is 1. The quantitative estimate of drug-likeness (QED) is 0.604. The summed E-state index contributed by atoms with van der Waals surface area (Å²) >= 11 is 0. The van der Waals surface area contributed by atoms with E-state index in [1.807, 2.05) is 48.5 Å². The van der Waals surface area contributed by atoms with Crippen molar-refractivity contribution in [2.45, 2.75) is 13.5 Å². The highest BCUT2D eigenvalue weighted by Crippen LogP contribution is 2.11. The molecule has 0 aliphatic heterocycles. The zero-order valence-corrected chi connectivity index (χ0v) is 11.1. The minimum Gasteiger partial charge on any atom is -0.497 e. The van der Waals surface area contributed by atoms with Gasteiger partial charge in [-0.3, -0.25) is 0 Å². The lowest BCUT2D eigenvalue weighted by Crippen LogP contribution is -1.89. The molecule has 0 unspecified atom stereocenters. The van der Waals surface area contributed by atoms with Gasteiger partial charge in [-0.05, 0) is 24.6 Å². The van der Waals surface area contributed by atoms with E-state index >= 15 is 0 Å². The summed E-state index contributed by atoms with van der Waals surface area (Å²) < 4.78 is 5.12. The van der Waals surface area contributed by atoms with Crippen molar-refractivity contribution < 1.29 is 9.57 Å². The van der Waals surface area contributed by atoms with Crippen molar-refractivity contribution in [3.05, 3.63) is 65.2 Å². The SMILES string of the molecule is COc1cccc(/[C]=N\OCc2ccc(C)cc2)c1. The van der Waals surface area contributed by atoms with Gasteiger partial charge in [0.25, 0.3) is 0 Å². The van der Waals surface area contributed by atoms with Crippen molar-refractivity contribution in [2.75, 3.05) is 7.11 Å². The number of benzene rings is 2. The lowest BCUT2D eigenvalue weighted by Gasteiger charge is -2.01. The van der Waals surface area contributed by atoms with Crippen LogP contribution in [0.5, 0.6) is 5.75 Å². The number of rotatable bonds is 5. The first-order valence-electron chi connectivity index (χ1n) is 6.05. The van der Waals surface area contributed by atoms with Crippen LogP contribution in [0.25, 0.3) is 0 Å². The summed E-state index contributed by atoms with van der Waals surface area (Å²) in [5, 5.41) is 3.83. The Labute approximate surface area is 113 Å². The summed E-state index contributed by atoms with van der Waals surface area (Å²) in [4.78, 5) is 5.21. The van der Waals surface area contributed by atoms with Crippen LogP contribution < -0.4 is 4.74 Å². The molecule has 1 radical (unpaired) electrons. The summed E-state index contributed by atoms with van der Waals surface area (Å²) in [6.45, 7) is 2.50. The van der Waals surface area contributed by atoms with Crippen molar-refractivity contribution in [3.63, 3.8) is 0 Å². The zero-order valence-electron chi connectivity index (χ0n) is 11.1. The largest absolute Gasteiger partial charge is 0.497 e. The van der Waals surface area contributed by atoms with Gasteiger partial charge in [-0.2, -0.15) is 0 Å². The number of hydrogen-bond donors (Lipinski definition) is 0. The third-order valence-corrected chi connectivity index (χ3v) is 2.66. The van der Waals surface area contributed by atoms with E-state index in [0.29, 0.717) is 6.61 Å². The standard InChI is InChI=1S/C16H16NO2/c1-13-6-8-14(9-7-13)12-19-17-11-15-4-3-5-16(10-15)18-2/h3-10H,12H2,1-2H3. The molecule has 0 aromatic heterocycles. The van der Waals surface area contributed by atoms with Crippen LogP contribution in [0.1, 0.15) is 16.7 Å².